The summed E-state index contributed by atoms with van der Waals surface area (Å²) in [4.78, 5) is 20.8. The van der Waals surface area contributed by atoms with Crippen molar-refractivity contribution >= 4 is 23.5 Å². The molecule has 0 aromatic rings. The SMILES string of the molecule is CC(=O)OCCCC(Cl)COC(C)=O. The number of halogens is 1. The van der Waals surface area contributed by atoms with Crippen LogP contribution < -0.4 is 0 Å². The minimum Gasteiger partial charge on any atom is -0.466 e. The molecule has 0 fully saturated rings. The number of ether oxygens (including phenoxy) is 2. The molecule has 1 unspecified atom stereocenters. The molecule has 82 valence electrons. The van der Waals surface area contributed by atoms with Crippen molar-refractivity contribution < 1.29 is 19.1 Å². The minimum atomic E-state index is -0.337. The highest BCUT2D eigenvalue weighted by Gasteiger charge is 2.06. The fourth-order valence-corrected chi connectivity index (χ4v) is 1.03. The average molecular weight is 223 g/mol. The summed E-state index contributed by atoms with van der Waals surface area (Å²) in [6.07, 6.45) is 1.33. The van der Waals surface area contributed by atoms with Crippen molar-refractivity contribution in [2.24, 2.45) is 0 Å². The lowest BCUT2D eigenvalue weighted by molar-refractivity contribution is -0.141. The zero-order chi connectivity index (χ0) is 11.0. The molecule has 0 saturated carbocycles. The minimum absolute atomic E-state index is 0.205. The van der Waals surface area contributed by atoms with E-state index in [1.165, 1.54) is 13.8 Å². The summed E-state index contributed by atoms with van der Waals surface area (Å²) in [7, 11) is 0. The van der Waals surface area contributed by atoms with Gasteiger partial charge in [0.05, 0.1) is 12.0 Å². The van der Waals surface area contributed by atoms with Crippen molar-refractivity contribution in [3.05, 3.63) is 0 Å². The fraction of sp³-hybridized carbons (Fsp3) is 0.778. The predicted molar refractivity (Wildman–Crippen MR) is 52.1 cm³/mol. The Labute approximate surface area is 88.5 Å². The van der Waals surface area contributed by atoms with Crippen molar-refractivity contribution in [3.63, 3.8) is 0 Å². The van der Waals surface area contributed by atoms with E-state index in [1.807, 2.05) is 0 Å². The van der Waals surface area contributed by atoms with Crippen LogP contribution >= 0.6 is 11.6 Å². The zero-order valence-corrected chi connectivity index (χ0v) is 9.17. The van der Waals surface area contributed by atoms with Gasteiger partial charge < -0.3 is 9.47 Å². The molecule has 0 rings (SSSR count). The van der Waals surface area contributed by atoms with Crippen molar-refractivity contribution in [1.29, 1.82) is 0 Å². The number of rotatable bonds is 6. The number of esters is 2. The molecule has 0 aliphatic heterocycles. The molecule has 0 aliphatic carbocycles. The number of alkyl halides is 1. The summed E-state index contributed by atoms with van der Waals surface area (Å²) in [5.41, 5.74) is 0. The van der Waals surface area contributed by atoms with Gasteiger partial charge in [0.15, 0.2) is 0 Å². The second kappa shape index (κ2) is 7.62. The van der Waals surface area contributed by atoms with E-state index < -0.39 is 0 Å². The lowest BCUT2D eigenvalue weighted by atomic mass is 10.2. The molecular weight excluding hydrogens is 208 g/mol. The normalized spacial score (nSPS) is 11.9. The third-order valence-electron chi connectivity index (χ3n) is 1.43. The van der Waals surface area contributed by atoms with Crippen LogP contribution in [0.2, 0.25) is 0 Å². The van der Waals surface area contributed by atoms with Gasteiger partial charge in [-0.3, -0.25) is 9.59 Å². The van der Waals surface area contributed by atoms with E-state index in [0.717, 1.165) is 0 Å². The van der Waals surface area contributed by atoms with Gasteiger partial charge in [0, 0.05) is 13.8 Å². The summed E-state index contributed by atoms with van der Waals surface area (Å²) in [5, 5.41) is -0.213. The smallest absolute Gasteiger partial charge is 0.302 e. The van der Waals surface area contributed by atoms with E-state index in [4.69, 9.17) is 21.1 Å². The van der Waals surface area contributed by atoms with Crippen LogP contribution in [-0.4, -0.2) is 30.5 Å². The van der Waals surface area contributed by atoms with Gasteiger partial charge in [-0.2, -0.15) is 0 Å². The molecular formula is C9H15ClO4. The molecule has 0 N–H and O–H groups in total. The van der Waals surface area contributed by atoms with Crippen molar-refractivity contribution in [2.45, 2.75) is 32.1 Å². The van der Waals surface area contributed by atoms with Crippen LogP contribution in [0.3, 0.4) is 0 Å². The molecule has 0 bridgehead atoms. The van der Waals surface area contributed by atoms with Crippen LogP contribution in [0.4, 0.5) is 0 Å². The quantitative estimate of drug-likeness (QED) is 0.388. The Kier molecular flexibility index (Phi) is 7.20. The summed E-state index contributed by atoms with van der Waals surface area (Å²) < 4.78 is 9.42. The van der Waals surface area contributed by atoms with E-state index in [0.29, 0.717) is 19.4 Å². The molecule has 0 aromatic heterocycles. The zero-order valence-electron chi connectivity index (χ0n) is 8.42. The maximum Gasteiger partial charge on any atom is 0.302 e. The molecule has 0 heterocycles. The summed E-state index contributed by atoms with van der Waals surface area (Å²) >= 11 is 5.82. The van der Waals surface area contributed by atoms with Crippen LogP contribution in [0.1, 0.15) is 26.7 Å². The van der Waals surface area contributed by atoms with Gasteiger partial charge in [-0.25, -0.2) is 0 Å². The molecule has 0 aromatic carbocycles. The van der Waals surface area contributed by atoms with E-state index in [-0.39, 0.29) is 23.9 Å². The van der Waals surface area contributed by atoms with Gasteiger partial charge in [0.1, 0.15) is 6.61 Å². The van der Waals surface area contributed by atoms with Gasteiger partial charge in [-0.05, 0) is 12.8 Å². The second-order valence-corrected chi connectivity index (χ2v) is 3.50. The lowest BCUT2D eigenvalue weighted by Crippen LogP contribution is -2.13. The number of hydrogen-bond donors (Lipinski definition) is 0. The molecule has 14 heavy (non-hydrogen) atoms. The van der Waals surface area contributed by atoms with Gasteiger partial charge in [-0.15, -0.1) is 11.6 Å². The van der Waals surface area contributed by atoms with Crippen LogP contribution in [-0.2, 0) is 19.1 Å². The number of carbonyl (C=O) groups is 2. The third-order valence-corrected chi connectivity index (χ3v) is 1.78. The molecule has 0 radical (unpaired) electrons. The first-order chi connectivity index (χ1) is 6.52. The molecule has 1 atom stereocenters. The summed E-state index contributed by atoms with van der Waals surface area (Å²) in [5.74, 6) is -0.633. The lowest BCUT2D eigenvalue weighted by Gasteiger charge is -2.08. The van der Waals surface area contributed by atoms with Crippen molar-refractivity contribution in [2.75, 3.05) is 13.2 Å². The highest BCUT2D eigenvalue weighted by Crippen LogP contribution is 2.06. The largest absolute Gasteiger partial charge is 0.466 e. The Morgan fingerprint density at radius 2 is 1.79 bits per heavy atom. The van der Waals surface area contributed by atoms with Crippen molar-refractivity contribution in [3.8, 4) is 0 Å². The maximum absolute atomic E-state index is 10.4. The molecule has 0 aliphatic rings. The number of hydrogen-bond acceptors (Lipinski definition) is 4. The Morgan fingerprint density at radius 1 is 1.21 bits per heavy atom. The topological polar surface area (TPSA) is 52.6 Å². The third kappa shape index (κ3) is 9.32. The Hall–Kier alpha value is -0.770. The van der Waals surface area contributed by atoms with Crippen LogP contribution in [0.15, 0.2) is 0 Å². The number of carbonyl (C=O) groups excluding carboxylic acids is 2. The Morgan fingerprint density at radius 3 is 2.29 bits per heavy atom. The van der Waals surface area contributed by atoms with Crippen molar-refractivity contribution in [1.82, 2.24) is 0 Å². The van der Waals surface area contributed by atoms with E-state index in [1.54, 1.807) is 0 Å². The van der Waals surface area contributed by atoms with Gasteiger partial charge >= 0.3 is 11.9 Å². The highest BCUT2D eigenvalue weighted by molar-refractivity contribution is 6.20. The van der Waals surface area contributed by atoms with E-state index >= 15 is 0 Å². The van der Waals surface area contributed by atoms with Crippen LogP contribution in [0.25, 0.3) is 0 Å². The summed E-state index contributed by atoms with van der Waals surface area (Å²) in [6.45, 7) is 3.26. The van der Waals surface area contributed by atoms with Gasteiger partial charge in [0.2, 0.25) is 0 Å². The fourth-order valence-electron chi connectivity index (χ4n) is 0.812. The van der Waals surface area contributed by atoms with Crippen LogP contribution in [0.5, 0.6) is 0 Å². The van der Waals surface area contributed by atoms with E-state index in [2.05, 4.69) is 0 Å². The van der Waals surface area contributed by atoms with Gasteiger partial charge in [-0.1, -0.05) is 0 Å². The highest BCUT2D eigenvalue weighted by atomic mass is 35.5. The molecule has 0 spiro atoms. The maximum atomic E-state index is 10.4. The second-order valence-electron chi connectivity index (χ2n) is 2.88. The monoisotopic (exact) mass is 222 g/mol. The standard InChI is InChI=1S/C9H15ClO4/c1-7(11)13-5-3-4-9(10)6-14-8(2)12/h9H,3-6H2,1-2H3. The summed E-state index contributed by atoms with van der Waals surface area (Å²) in [6, 6.07) is 0. The molecule has 4 nitrogen and oxygen atoms in total. The Balaban J connectivity index is 3.30. The first-order valence-electron chi connectivity index (χ1n) is 4.43. The first kappa shape index (κ1) is 13.2. The van der Waals surface area contributed by atoms with E-state index in [9.17, 15) is 9.59 Å². The predicted octanol–water partition coefficient (Wildman–Crippen LogP) is 1.50. The Bertz CT molecular complexity index is 193. The first-order valence-corrected chi connectivity index (χ1v) is 4.86. The molecule has 0 amide bonds. The molecule has 5 heteroatoms. The van der Waals surface area contributed by atoms with Crippen LogP contribution in [0, 0.1) is 0 Å². The molecule has 0 saturated heterocycles. The average Bonchev–Trinajstić information content (AvgIpc) is 2.08. The van der Waals surface area contributed by atoms with Gasteiger partial charge in [0.25, 0.3) is 0 Å².